The van der Waals surface area contributed by atoms with Gasteiger partial charge in [-0.15, -0.1) is 0 Å². The van der Waals surface area contributed by atoms with Crippen LogP contribution in [-0.2, 0) is 4.74 Å². The van der Waals surface area contributed by atoms with Crippen molar-refractivity contribution in [2.24, 2.45) is 0 Å². The first-order valence-corrected chi connectivity index (χ1v) is 7.74. The lowest BCUT2D eigenvalue weighted by Gasteiger charge is -2.46. The summed E-state index contributed by atoms with van der Waals surface area (Å²) < 4.78 is 20.2. The number of morpholine rings is 1. The van der Waals surface area contributed by atoms with Crippen molar-refractivity contribution >= 4 is 15.9 Å². The smallest absolute Gasteiger partial charge is 0.129 e. The van der Waals surface area contributed by atoms with Gasteiger partial charge in [0.25, 0.3) is 0 Å². The second-order valence-electron chi connectivity index (χ2n) is 5.38. The minimum absolute atomic E-state index is 0.343. The molecular weight excluding hydrogens is 325 g/mol. The van der Waals surface area contributed by atoms with E-state index in [-0.39, 0.29) is 5.82 Å². The van der Waals surface area contributed by atoms with Crippen LogP contribution in [0.15, 0.2) is 22.7 Å². The second-order valence-corrected chi connectivity index (χ2v) is 6.29. The minimum atomic E-state index is -0.872. The highest BCUT2D eigenvalue weighted by atomic mass is 79.9. The predicted octanol–water partition coefficient (Wildman–Crippen LogP) is 3.12. The summed E-state index contributed by atoms with van der Waals surface area (Å²) in [7, 11) is 0. The monoisotopic (exact) mass is 345 g/mol. The van der Waals surface area contributed by atoms with Crippen LogP contribution in [0.25, 0.3) is 0 Å². The Morgan fingerprint density at radius 2 is 2.10 bits per heavy atom. The van der Waals surface area contributed by atoms with Crippen LogP contribution in [0.5, 0.6) is 0 Å². The van der Waals surface area contributed by atoms with Crippen LogP contribution in [0.4, 0.5) is 4.39 Å². The molecule has 1 aromatic carbocycles. The highest BCUT2D eigenvalue weighted by Gasteiger charge is 2.40. The zero-order chi connectivity index (χ0) is 14.8. The number of hydrogen-bond donors (Lipinski definition) is 1. The van der Waals surface area contributed by atoms with E-state index < -0.39 is 11.6 Å². The third kappa shape index (κ3) is 3.06. The normalized spacial score (nSPS) is 21.4. The molecule has 2 atom stereocenters. The number of rotatable bonds is 4. The Labute approximate surface area is 127 Å². The molecule has 1 heterocycles. The van der Waals surface area contributed by atoms with Crippen molar-refractivity contribution < 1.29 is 14.2 Å². The number of ether oxygens (including phenoxy) is 1. The van der Waals surface area contributed by atoms with E-state index >= 15 is 0 Å². The van der Waals surface area contributed by atoms with Gasteiger partial charge in [0.05, 0.1) is 19.3 Å². The highest BCUT2D eigenvalue weighted by Crippen LogP contribution is 2.36. The molecule has 1 aliphatic heterocycles. The van der Waals surface area contributed by atoms with E-state index in [9.17, 15) is 9.50 Å². The Kier molecular flexibility index (Phi) is 5.18. The van der Waals surface area contributed by atoms with Crippen molar-refractivity contribution in [3.8, 4) is 0 Å². The average Bonchev–Trinajstić information content (AvgIpc) is 2.49. The maximum atomic E-state index is 14.0. The lowest BCUT2D eigenvalue weighted by molar-refractivity contribution is -0.0743. The minimum Gasteiger partial charge on any atom is -0.386 e. The van der Waals surface area contributed by atoms with Crippen LogP contribution in [0.3, 0.4) is 0 Å². The van der Waals surface area contributed by atoms with Gasteiger partial charge >= 0.3 is 0 Å². The summed E-state index contributed by atoms with van der Waals surface area (Å²) in [5, 5.41) is 10.8. The van der Waals surface area contributed by atoms with Gasteiger partial charge in [-0.3, -0.25) is 4.90 Å². The van der Waals surface area contributed by atoms with Crippen LogP contribution in [0, 0.1) is 5.82 Å². The molecule has 3 nitrogen and oxygen atoms in total. The first kappa shape index (κ1) is 15.9. The fourth-order valence-corrected chi connectivity index (χ4v) is 3.10. The number of aliphatic hydroxyl groups is 1. The third-order valence-corrected chi connectivity index (χ3v) is 4.78. The molecule has 0 amide bonds. The van der Waals surface area contributed by atoms with E-state index in [0.717, 1.165) is 24.0 Å². The van der Waals surface area contributed by atoms with E-state index in [4.69, 9.17) is 4.74 Å². The molecule has 20 heavy (non-hydrogen) atoms. The SMILES string of the molecule is CCC(C)(C(O)c1cc(Br)ccc1F)N1CCOCC1. The van der Waals surface area contributed by atoms with Gasteiger partial charge in [-0.25, -0.2) is 4.39 Å². The summed E-state index contributed by atoms with van der Waals surface area (Å²) in [4.78, 5) is 2.20. The van der Waals surface area contributed by atoms with Crippen molar-refractivity contribution in [1.29, 1.82) is 0 Å². The summed E-state index contributed by atoms with van der Waals surface area (Å²) in [5.41, 5.74) is -0.152. The number of benzene rings is 1. The molecule has 112 valence electrons. The Morgan fingerprint density at radius 1 is 1.45 bits per heavy atom. The van der Waals surface area contributed by atoms with E-state index in [2.05, 4.69) is 20.8 Å². The summed E-state index contributed by atoms with van der Waals surface area (Å²) in [5.74, 6) is -0.367. The lowest BCUT2D eigenvalue weighted by atomic mass is 9.84. The van der Waals surface area contributed by atoms with Gasteiger partial charge in [-0.2, -0.15) is 0 Å². The second kappa shape index (κ2) is 6.52. The number of hydrogen-bond acceptors (Lipinski definition) is 3. The summed E-state index contributed by atoms with van der Waals surface area (Å²) in [6, 6.07) is 4.69. The standard InChI is InChI=1S/C15H21BrFNO2/c1-3-15(2,18-6-8-20-9-7-18)14(19)12-10-11(16)4-5-13(12)17/h4-5,10,14,19H,3,6-9H2,1-2H3. The van der Waals surface area contributed by atoms with Crippen molar-refractivity contribution in [1.82, 2.24) is 4.90 Å². The van der Waals surface area contributed by atoms with E-state index in [1.54, 1.807) is 12.1 Å². The molecule has 1 fully saturated rings. The first-order valence-electron chi connectivity index (χ1n) is 6.95. The fraction of sp³-hybridized carbons (Fsp3) is 0.600. The molecule has 0 radical (unpaired) electrons. The molecule has 2 unspecified atom stereocenters. The Balaban J connectivity index is 2.31. The molecule has 1 saturated heterocycles. The molecule has 2 rings (SSSR count). The van der Waals surface area contributed by atoms with Crippen molar-refractivity contribution in [2.75, 3.05) is 26.3 Å². The quantitative estimate of drug-likeness (QED) is 0.909. The van der Waals surface area contributed by atoms with Crippen molar-refractivity contribution in [3.05, 3.63) is 34.1 Å². The largest absolute Gasteiger partial charge is 0.386 e. The lowest BCUT2D eigenvalue weighted by Crippen LogP contribution is -2.54. The van der Waals surface area contributed by atoms with E-state index in [0.29, 0.717) is 18.8 Å². The van der Waals surface area contributed by atoms with Gasteiger partial charge in [0.2, 0.25) is 0 Å². The van der Waals surface area contributed by atoms with Gasteiger partial charge in [0.15, 0.2) is 0 Å². The van der Waals surface area contributed by atoms with Gasteiger partial charge in [0, 0.05) is 28.7 Å². The predicted molar refractivity (Wildman–Crippen MR) is 80.1 cm³/mol. The van der Waals surface area contributed by atoms with Gasteiger partial charge in [-0.1, -0.05) is 22.9 Å². The molecule has 5 heteroatoms. The molecule has 0 spiro atoms. The van der Waals surface area contributed by atoms with Crippen LogP contribution in [0.2, 0.25) is 0 Å². The van der Waals surface area contributed by atoms with Crippen molar-refractivity contribution in [2.45, 2.75) is 31.9 Å². The molecule has 1 aromatic rings. The number of aliphatic hydroxyl groups excluding tert-OH is 1. The molecular formula is C15H21BrFNO2. The van der Waals surface area contributed by atoms with Crippen LogP contribution in [-0.4, -0.2) is 41.8 Å². The Bertz CT molecular complexity index is 465. The molecule has 0 bridgehead atoms. The van der Waals surface area contributed by atoms with Crippen LogP contribution < -0.4 is 0 Å². The average molecular weight is 346 g/mol. The van der Waals surface area contributed by atoms with E-state index in [1.807, 2.05) is 13.8 Å². The van der Waals surface area contributed by atoms with Crippen LogP contribution >= 0.6 is 15.9 Å². The van der Waals surface area contributed by atoms with Gasteiger partial charge in [-0.05, 0) is 31.5 Å². The number of nitrogens with zero attached hydrogens (tertiary/aromatic N) is 1. The third-order valence-electron chi connectivity index (χ3n) is 4.29. The number of halogens is 2. The molecule has 0 aliphatic carbocycles. The van der Waals surface area contributed by atoms with E-state index in [1.165, 1.54) is 6.07 Å². The highest BCUT2D eigenvalue weighted by molar-refractivity contribution is 9.10. The van der Waals surface area contributed by atoms with Gasteiger partial charge in [0.1, 0.15) is 5.82 Å². The maximum Gasteiger partial charge on any atom is 0.129 e. The zero-order valence-electron chi connectivity index (χ0n) is 11.9. The van der Waals surface area contributed by atoms with Crippen molar-refractivity contribution in [3.63, 3.8) is 0 Å². The molecule has 0 aromatic heterocycles. The first-order chi connectivity index (χ1) is 9.49. The molecule has 1 N–H and O–H groups in total. The molecule has 1 aliphatic rings. The maximum absolute atomic E-state index is 14.0. The Hall–Kier alpha value is -0.490. The van der Waals surface area contributed by atoms with Crippen LogP contribution in [0.1, 0.15) is 31.9 Å². The summed E-state index contributed by atoms with van der Waals surface area (Å²) in [6.45, 7) is 6.85. The topological polar surface area (TPSA) is 32.7 Å². The molecule has 0 saturated carbocycles. The fourth-order valence-electron chi connectivity index (χ4n) is 2.72. The summed E-state index contributed by atoms with van der Waals surface area (Å²) >= 11 is 3.34. The Morgan fingerprint density at radius 3 is 2.70 bits per heavy atom. The zero-order valence-corrected chi connectivity index (χ0v) is 13.5. The summed E-state index contributed by atoms with van der Waals surface area (Å²) in [6.07, 6.45) is -0.136. The van der Waals surface area contributed by atoms with Gasteiger partial charge < -0.3 is 9.84 Å².